The Kier molecular flexibility index (Phi) is 3.17. The summed E-state index contributed by atoms with van der Waals surface area (Å²) >= 11 is 0. The van der Waals surface area contributed by atoms with Gasteiger partial charge in [0, 0.05) is 18.5 Å². The number of rotatable bonds is 3. The molecule has 0 atom stereocenters. The van der Waals surface area contributed by atoms with Crippen LogP contribution < -0.4 is 9.47 Å². The van der Waals surface area contributed by atoms with E-state index in [4.69, 9.17) is 14.7 Å². The van der Waals surface area contributed by atoms with E-state index < -0.39 is 0 Å². The van der Waals surface area contributed by atoms with Crippen LogP contribution in [0.4, 0.5) is 0 Å². The van der Waals surface area contributed by atoms with E-state index in [9.17, 15) is 0 Å². The maximum atomic E-state index is 8.84. The van der Waals surface area contributed by atoms with Crippen molar-refractivity contribution in [3.05, 3.63) is 42.4 Å². The SMILES string of the molecule is COc1cccc(Oc2nccnc2C#N)c1. The predicted molar refractivity (Wildman–Crippen MR) is 59.8 cm³/mol. The summed E-state index contributed by atoms with van der Waals surface area (Å²) in [7, 11) is 1.57. The highest BCUT2D eigenvalue weighted by Crippen LogP contribution is 2.24. The molecule has 17 heavy (non-hydrogen) atoms. The quantitative estimate of drug-likeness (QED) is 0.803. The van der Waals surface area contributed by atoms with Crippen molar-refractivity contribution in [2.45, 2.75) is 0 Å². The molecular weight excluding hydrogens is 218 g/mol. The van der Waals surface area contributed by atoms with Crippen LogP contribution in [-0.4, -0.2) is 17.1 Å². The summed E-state index contributed by atoms with van der Waals surface area (Å²) in [6, 6.07) is 8.96. The standard InChI is InChI=1S/C12H9N3O2/c1-16-9-3-2-4-10(7-9)17-12-11(8-13)14-5-6-15-12/h2-7H,1H3. The molecule has 0 fully saturated rings. The van der Waals surface area contributed by atoms with Gasteiger partial charge in [-0.25, -0.2) is 9.97 Å². The molecule has 0 saturated heterocycles. The molecule has 2 rings (SSSR count). The minimum atomic E-state index is 0.148. The molecule has 0 saturated carbocycles. The van der Waals surface area contributed by atoms with Gasteiger partial charge in [0.1, 0.15) is 17.6 Å². The molecular formula is C12H9N3O2. The van der Waals surface area contributed by atoms with Gasteiger partial charge in [0.05, 0.1) is 7.11 Å². The summed E-state index contributed by atoms with van der Waals surface area (Å²) in [5, 5.41) is 8.84. The Morgan fingerprint density at radius 3 is 2.71 bits per heavy atom. The molecule has 0 aliphatic rings. The van der Waals surface area contributed by atoms with Gasteiger partial charge in [0.2, 0.25) is 5.69 Å². The van der Waals surface area contributed by atoms with Crippen molar-refractivity contribution in [1.29, 1.82) is 5.26 Å². The molecule has 0 radical (unpaired) electrons. The van der Waals surface area contributed by atoms with E-state index >= 15 is 0 Å². The van der Waals surface area contributed by atoms with Crippen LogP contribution in [0.3, 0.4) is 0 Å². The maximum absolute atomic E-state index is 8.84. The molecule has 0 unspecified atom stereocenters. The van der Waals surface area contributed by atoms with Crippen molar-refractivity contribution >= 4 is 0 Å². The largest absolute Gasteiger partial charge is 0.497 e. The zero-order valence-electron chi connectivity index (χ0n) is 9.12. The third-order valence-electron chi connectivity index (χ3n) is 2.03. The molecule has 0 amide bonds. The summed E-state index contributed by atoms with van der Waals surface area (Å²) in [6.45, 7) is 0. The first-order chi connectivity index (χ1) is 8.33. The van der Waals surface area contributed by atoms with Crippen LogP contribution in [0.2, 0.25) is 0 Å². The highest BCUT2D eigenvalue weighted by atomic mass is 16.5. The van der Waals surface area contributed by atoms with Gasteiger partial charge in [-0.1, -0.05) is 6.07 Å². The molecule has 0 N–H and O–H groups in total. The van der Waals surface area contributed by atoms with Gasteiger partial charge < -0.3 is 9.47 Å². The Morgan fingerprint density at radius 1 is 1.18 bits per heavy atom. The van der Waals surface area contributed by atoms with E-state index in [1.54, 1.807) is 31.4 Å². The third kappa shape index (κ3) is 2.49. The van der Waals surface area contributed by atoms with Crippen molar-refractivity contribution in [2.75, 3.05) is 7.11 Å². The minimum Gasteiger partial charge on any atom is -0.497 e. The Balaban J connectivity index is 2.28. The van der Waals surface area contributed by atoms with Crippen molar-refractivity contribution in [3.63, 3.8) is 0 Å². The third-order valence-corrected chi connectivity index (χ3v) is 2.03. The number of nitriles is 1. The minimum absolute atomic E-state index is 0.148. The summed E-state index contributed by atoms with van der Waals surface area (Å²) in [4.78, 5) is 7.81. The summed E-state index contributed by atoms with van der Waals surface area (Å²) in [6.07, 6.45) is 2.91. The van der Waals surface area contributed by atoms with E-state index in [1.165, 1.54) is 12.4 Å². The zero-order chi connectivity index (χ0) is 12.1. The Hall–Kier alpha value is -2.61. The summed E-state index contributed by atoms with van der Waals surface area (Å²) in [5.74, 6) is 1.40. The normalized spacial score (nSPS) is 9.41. The first kappa shape index (κ1) is 10.9. The van der Waals surface area contributed by atoms with Crippen LogP contribution in [0.1, 0.15) is 5.69 Å². The predicted octanol–water partition coefficient (Wildman–Crippen LogP) is 2.15. The van der Waals surface area contributed by atoms with Crippen LogP contribution in [0.25, 0.3) is 0 Å². The molecule has 5 heteroatoms. The average Bonchev–Trinajstić information content (AvgIpc) is 2.39. The Bertz CT molecular complexity index is 564. The Morgan fingerprint density at radius 2 is 1.94 bits per heavy atom. The molecule has 0 aliphatic carbocycles. The van der Waals surface area contributed by atoms with E-state index in [0.717, 1.165) is 0 Å². The highest BCUT2D eigenvalue weighted by molar-refractivity contribution is 5.38. The average molecular weight is 227 g/mol. The lowest BCUT2D eigenvalue weighted by Crippen LogP contribution is -1.94. The number of nitrogens with zero attached hydrogens (tertiary/aromatic N) is 3. The van der Waals surface area contributed by atoms with Crippen molar-refractivity contribution in [3.8, 4) is 23.4 Å². The van der Waals surface area contributed by atoms with E-state index in [1.807, 2.05) is 6.07 Å². The molecule has 0 bridgehead atoms. The van der Waals surface area contributed by atoms with E-state index in [2.05, 4.69) is 9.97 Å². The van der Waals surface area contributed by atoms with Crippen molar-refractivity contribution in [1.82, 2.24) is 9.97 Å². The second-order valence-electron chi connectivity index (χ2n) is 3.10. The molecule has 1 heterocycles. The Labute approximate surface area is 98.3 Å². The van der Waals surface area contributed by atoms with Gasteiger partial charge in [0.25, 0.3) is 5.88 Å². The van der Waals surface area contributed by atoms with Gasteiger partial charge in [-0.2, -0.15) is 5.26 Å². The van der Waals surface area contributed by atoms with E-state index in [-0.39, 0.29) is 11.6 Å². The smallest absolute Gasteiger partial charge is 0.256 e. The van der Waals surface area contributed by atoms with E-state index in [0.29, 0.717) is 11.5 Å². The number of hydrogen-bond donors (Lipinski definition) is 0. The second kappa shape index (κ2) is 4.94. The lowest BCUT2D eigenvalue weighted by Gasteiger charge is -2.06. The van der Waals surface area contributed by atoms with Gasteiger partial charge in [-0.15, -0.1) is 0 Å². The fraction of sp³-hybridized carbons (Fsp3) is 0.0833. The van der Waals surface area contributed by atoms with Gasteiger partial charge in [-0.05, 0) is 12.1 Å². The number of aromatic nitrogens is 2. The van der Waals surface area contributed by atoms with Crippen LogP contribution >= 0.6 is 0 Å². The lowest BCUT2D eigenvalue weighted by molar-refractivity contribution is 0.407. The lowest BCUT2D eigenvalue weighted by atomic mass is 10.3. The maximum Gasteiger partial charge on any atom is 0.256 e. The first-order valence-corrected chi connectivity index (χ1v) is 4.86. The first-order valence-electron chi connectivity index (χ1n) is 4.86. The fourth-order valence-electron chi connectivity index (χ4n) is 1.25. The zero-order valence-corrected chi connectivity index (χ0v) is 9.12. The molecule has 0 spiro atoms. The van der Waals surface area contributed by atoms with Gasteiger partial charge in [0.15, 0.2) is 0 Å². The molecule has 84 valence electrons. The number of ether oxygens (including phenoxy) is 2. The topological polar surface area (TPSA) is 68.0 Å². The number of methoxy groups -OCH3 is 1. The number of benzene rings is 1. The fourth-order valence-corrected chi connectivity index (χ4v) is 1.25. The molecule has 5 nitrogen and oxygen atoms in total. The monoisotopic (exact) mass is 227 g/mol. The van der Waals surface area contributed by atoms with Crippen molar-refractivity contribution in [2.24, 2.45) is 0 Å². The van der Waals surface area contributed by atoms with Crippen LogP contribution in [0.5, 0.6) is 17.4 Å². The molecule has 2 aromatic rings. The van der Waals surface area contributed by atoms with Gasteiger partial charge in [-0.3, -0.25) is 0 Å². The molecule has 1 aromatic heterocycles. The second-order valence-corrected chi connectivity index (χ2v) is 3.10. The summed E-state index contributed by atoms with van der Waals surface area (Å²) in [5.41, 5.74) is 0.148. The van der Waals surface area contributed by atoms with Crippen LogP contribution in [0, 0.1) is 11.3 Å². The molecule has 1 aromatic carbocycles. The highest BCUT2D eigenvalue weighted by Gasteiger charge is 2.07. The van der Waals surface area contributed by atoms with Crippen molar-refractivity contribution < 1.29 is 9.47 Å². The molecule has 0 aliphatic heterocycles. The van der Waals surface area contributed by atoms with Crippen LogP contribution in [0.15, 0.2) is 36.7 Å². The summed E-state index contributed by atoms with van der Waals surface area (Å²) < 4.78 is 10.5. The van der Waals surface area contributed by atoms with Gasteiger partial charge >= 0.3 is 0 Å². The van der Waals surface area contributed by atoms with Crippen LogP contribution in [-0.2, 0) is 0 Å². The number of hydrogen-bond acceptors (Lipinski definition) is 5.